The summed E-state index contributed by atoms with van der Waals surface area (Å²) in [6, 6.07) is 6.20. The van der Waals surface area contributed by atoms with Crippen LogP contribution in [0.25, 0.3) is 0 Å². The third kappa shape index (κ3) is 3.26. The number of likely N-dealkylation sites (N-methyl/N-ethyl adjacent to an activating group) is 1. The standard InChI is InChI=1S/C15H22N2O2/c1-4-16-15(18)11(3)17-10(2)12-5-6-14-13(9-12)7-8-19-14/h5-6,9-11,17H,4,7-8H2,1-3H3,(H,16,18). The van der Waals surface area contributed by atoms with Gasteiger partial charge in [0.05, 0.1) is 12.6 Å². The fourth-order valence-corrected chi connectivity index (χ4v) is 2.35. The molecule has 0 aromatic heterocycles. The zero-order valence-corrected chi connectivity index (χ0v) is 11.8. The molecule has 0 radical (unpaired) electrons. The second-order valence-corrected chi connectivity index (χ2v) is 4.97. The molecule has 1 amide bonds. The first-order valence-electron chi connectivity index (χ1n) is 6.91. The van der Waals surface area contributed by atoms with E-state index in [1.807, 2.05) is 19.9 Å². The van der Waals surface area contributed by atoms with E-state index >= 15 is 0 Å². The highest BCUT2D eigenvalue weighted by molar-refractivity contribution is 5.81. The first kappa shape index (κ1) is 13.9. The molecule has 1 aliphatic rings. The molecule has 0 saturated heterocycles. The molecule has 0 spiro atoms. The Balaban J connectivity index is 2.00. The molecule has 104 valence electrons. The van der Waals surface area contributed by atoms with Crippen LogP contribution in [-0.2, 0) is 11.2 Å². The average molecular weight is 262 g/mol. The number of ether oxygens (including phenoxy) is 1. The lowest BCUT2D eigenvalue weighted by Gasteiger charge is -2.20. The molecule has 19 heavy (non-hydrogen) atoms. The Kier molecular flexibility index (Phi) is 4.43. The van der Waals surface area contributed by atoms with Crippen molar-refractivity contribution >= 4 is 5.91 Å². The summed E-state index contributed by atoms with van der Waals surface area (Å²) in [4.78, 5) is 11.7. The number of hydrogen-bond acceptors (Lipinski definition) is 3. The van der Waals surface area contributed by atoms with E-state index in [-0.39, 0.29) is 18.0 Å². The molecular formula is C15H22N2O2. The molecular weight excluding hydrogens is 240 g/mol. The first-order chi connectivity index (χ1) is 9.11. The Hall–Kier alpha value is -1.55. The van der Waals surface area contributed by atoms with Crippen LogP contribution in [0.3, 0.4) is 0 Å². The number of fused-ring (bicyclic) bond motifs is 1. The van der Waals surface area contributed by atoms with Gasteiger partial charge in [0.1, 0.15) is 5.75 Å². The lowest BCUT2D eigenvalue weighted by atomic mass is 10.0. The fraction of sp³-hybridized carbons (Fsp3) is 0.533. The zero-order valence-electron chi connectivity index (χ0n) is 11.8. The number of carbonyl (C=O) groups is 1. The van der Waals surface area contributed by atoms with Gasteiger partial charge in [0.25, 0.3) is 0 Å². The van der Waals surface area contributed by atoms with Crippen LogP contribution in [0.4, 0.5) is 0 Å². The Morgan fingerprint density at radius 3 is 2.95 bits per heavy atom. The van der Waals surface area contributed by atoms with Crippen molar-refractivity contribution < 1.29 is 9.53 Å². The van der Waals surface area contributed by atoms with E-state index in [1.165, 1.54) is 11.1 Å². The summed E-state index contributed by atoms with van der Waals surface area (Å²) in [7, 11) is 0. The molecule has 0 fully saturated rings. The SMILES string of the molecule is CCNC(=O)C(C)NC(C)c1ccc2c(c1)CCO2. The third-order valence-electron chi connectivity index (χ3n) is 3.46. The highest BCUT2D eigenvalue weighted by atomic mass is 16.5. The Bertz CT molecular complexity index is 459. The zero-order chi connectivity index (χ0) is 13.8. The lowest BCUT2D eigenvalue weighted by Crippen LogP contribution is -2.43. The average Bonchev–Trinajstić information content (AvgIpc) is 2.85. The molecule has 2 atom stereocenters. The molecule has 2 N–H and O–H groups in total. The maximum absolute atomic E-state index is 11.7. The predicted molar refractivity (Wildman–Crippen MR) is 75.3 cm³/mol. The van der Waals surface area contributed by atoms with Gasteiger partial charge in [-0.25, -0.2) is 0 Å². The van der Waals surface area contributed by atoms with Crippen molar-refractivity contribution in [2.24, 2.45) is 0 Å². The summed E-state index contributed by atoms with van der Waals surface area (Å²) in [6.07, 6.45) is 0.974. The van der Waals surface area contributed by atoms with E-state index in [2.05, 4.69) is 29.7 Å². The van der Waals surface area contributed by atoms with E-state index in [9.17, 15) is 4.79 Å². The number of nitrogens with one attached hydrogen (secondary N) is 2. The third-order valence-corrected chi connectivity index (χ3v) is 3.46. The summed E-state index contributed by atoms with van der Waals surface area (Å²) in [5, 5.41) is 6.14. The van der Waals surface area contributed by atoms with E-state index in [0.717, 1.165) is 18.8 Å². The molecule has 2 rings (SSSR count). The van der Waals surface area contributed by atoms with Crippen molar-refractivity contribution in [3.63, 3.8) is 0 Å². The van der Waals surface area contributed by atoms with Gasteiger partial charge in [0, 0.05) is 19.0 Å². The number of amides is 1. The number of benzene rings is 1. The number of rotatable bonds is 5. The predicted octanol–water partition coefficient (Wildman–Crippen LogP) is 1.80. The van der Waals surface area contributed by atoms with Gasteiger partial charge in [0.2, 0.25) is 5.91 Å². The minimum atomic E-state index is -0.195. The molecule has 1 heterocycles. The highest BCUT2D eigenvalue weighted by Gasteiger charge is 2.18. The number of carbonyl (C=O) groups excluding carboxylic acids is 1. The molecule has 1 aromatic carbocycles. The smallest absolute Gasteiger partial charge is 0.236 e. The van der Waals surface area contributed by atoms with Crippen molar-refractivity contribution in [1.29, 1.82) is 0 Å². The Morgan fingerprint density at radius 2 is 2.21 bits per heavy atom. The quantitative estimate of drug-likeness (QED) is 0.850. The van der Waals surface area contributed by atoms with E-state index < -0.39 is 0 Å². The largest absolute Gasteiger partial charge is 0.493 e. The summed E-state index contributed by atoms with van der Waals surface area (Å²) >= 11 is 0. The van der Waals surface area contributed by atoms with Crippen molar-refractivity contribution in [2.45, 2.75) is 39.3 Å². The van der Waals surface area contributed by atoms with Gasteiger partial charge < -0.3 is 10.1 Å². The van der Waals surface area contributed by atoms with Gasteiger partial charge in [-0.2, -0.15) is 0 Å². The minimum absolute atomic E-state index is 0.0406. The van der Waals surface area contributed by atoms with Crippen molar-refractivity contribution in [1.82, 2.24) is 10.6 Å². The maximum Gasteiger partial charge on any atom is 0.236 e. The van der Waals surface area contributed by atoms with Crippen LogP contribution in [0.15, 0.2) is 18.2 Å². The highest BCUT2D eigenvalue weighted by Crippen LogP contribution is 2.28. The molecule has 4 heteroatoms. The van der Waals surface area contributed by atoms with Gasteiger partial charge >= 0.3 is 0 Å². The Labute approximate surface area is 114 Å². The van der Waals surface area contributed by atoms with Crippen LogP contribution in [0.2, 0.25) is 0 Å². The molecule has 4 nitrogen and oxygen atoms in total. The van der Waals surface area contributed by atoms with Gasteiger partial charge in [0.15, 0.2) is 0 Å². The van der Waals surface area contributed by atoms with E-state index in [1.54, 1.807) is 0 Å². The molecule has 1 aliphatic heterocycles. The second kappa shape index (κ2) is 6.06. The van der Waals surface area contributed by atoms with Crippen molar-refractivity contribution in [3.8, 4) is 5.75 Å². The monoisotopic (exact) mass is 262 g/mol. The van der Waals surface area contributed by atoms with Crippen LogP contribution in [-0.4, -0.2) is 25.1 Å². The van der Waals surface area contributed by atoms with Gasteiger partial charge in [-0.3, -0.25) is 10.1 Å². The van der Waals surface area contributed by atoms with E-state index in [4.69, 9.17) is 4.74 Å². The molecule has 0 saturated carbocycles. The minimum Gasteiger partial charge on any atom is -0.493 e. The molecule has 0 aliphatic carbocycles. The van der Waals surface area contributed by atoms with Crippen LogP contribution in [0.1, 0.15) is 37.9 Å². The Morgan fingerprint density at radius 1 is 1.42 bits per heavy atom. The topological polar surface area (TPSA) is 50.4 Å². The summed E-state index contributed by atoms with van der Waals surface area (Å²) in [6.45, 7) is 7.32. The summed E-state index contributed by atoms with van der Waals surface area (Å²) < 4.78 is 5.50. The number of hydrogen-bond donors (Lipinski definition) is 2. The van der Waals surface area contributed by atoms with Gasteiger partial charge in [-0.05, 0) is 38.0 Å². The summed E-state index contributed by atoms with van der Waals surface area (Å²) in [5.41, 5.74) is 2.46. The van der Waals surface area contributed by atoms with Gasteiger partial charge in [-0.15, -0.1) is 0 Å². The van der Waals surface area contributed by atoms with Crippen LogP contribution in [0.5, 0.6) is 5.75 Å². The van der Waals surface area contributed by atoms with E-state index in [0.29, 0.717) is 6.54 Å². The molecule has 0 bridgehead atoms. The summed E-state index contributed by atoms with van der Waals surface area (Å²) in [5.74, 6) is 1.03. The van der Waals surface area contributed by atoms with Crippen LogP contribution in [0, 0.1) is 0 Å². The first-order valence-corrected chi connectivity index (χ1v) is 6.91. The second-order valence-electron chi connectivity index (χ2n) is 4.97. The van der Waals surface area contributed by atoms with Crippen LogP contribution < -0.4 is 15.4 Å². The van der Waals surface area contributed by atoms with Crippen molar-refractivity contribution in [3.05, 3.63) is 29.3 Å². The normalized spacial score (nSPS) is 16.4. The lowest BCUT2D eigenvalue weighted by molar-refractivity contribution is -0.122. The van der Waals surface area contributed by atoms with Crippen molar-refractivity contribution in [2.75, 3.05) is 13.2 Å². The van der Waals surface area contributed by atoms with Crippen LogP contribution >= 0.6 is 0 Å². The molecule has 2 unspecified atom stereocenters. The fourth-order valence-electron chi connectivity index (χ4n) is 2.35. The molecule has 1 aromatic rings. The maximum atomic E-state index is 11.7. The van der Waals surface area contributed by atoms with Gasteiger partial charge in [-0.1, -0.05) is 12.1 Å².